The van der Waals surface area contributed by atoms with E-state index in [2.05, 4.69) is 5.32 Å². The van der Waals surface area contributed by atoms with Gasteiger partial charge in [-0.1, -0.05) is 19.6 Å². The quantitative estimate of drug-likeness (QED) is 0.717. The lowest BCUT2D eigenvalue weighted by molar-refractivity contribution is 0.0951. The summed E-state index contributed by atoms with van der Waals surface area (Å²) in [6.07, 6.45) is 0.785. The minimum Gasteiger partial charge on any atom is -0.508 e. The minimum atomic E-state index is -0.286. The molecule has 3 N–H and O–H groups in total. The first kappa shape index (κ1) is 17.7. The summed E-state index contributed by atoms with van der Waals surface area (Å²) in [7, 11) is 0. The van der Waals surface area contributed by atoms with Gasteiger partial charge in [-0.05, 0) is 61.9 Å². The van der Waals surface area contributed by atoms with Gasteiger partial charge in [0.15, 0.2) is 5.78 Å². The first-order chi connectivity index (χ1) is 10.1. The molecule has 0 fully saturated rings. The zero-order valence-electron chi connectivity index (χ0n) is 11.9. The molecule has 0 saturated heterocycles. The topological polar surface area (TPSA) is 69.6 Å². The highest BCUT2D eigenvalue weighted by molar-refractivity contribution is 5.99. The molecule has 0 aliphatic rings. The third kappa shape index (κ3) is 4.90. The van der Waals surface area contributed by atoms with E-state index < -0.39 is 0 Å². The molecule has 0 bridgehead atoms. The van der Waals surface area contributed by atoms with Crippen molar-refractivity contribution < 1.29 is 15.0 Å². The summed E-state index contributed by atoms with van der Waals surface area (Å²) in [5.74, 6) is 0.405. The number of phenols is 2. The van der Waals surface area contributed by atoms with Crippen LogP contribution in [0.3, 0.4) is 0 Å². The Balaban J connectivity index is 0.00000242. The first-order valence-corrected chi connectivity index (χ1v) is 6.91. The van der Waals surface area contributed by atoms with E-state index in [0.29, 0.717) is 12.1 Å². The number of Topliss-reactive ketones (excluding diaryl/α,β-unsaturated/α-hetero) is 1. The Kier molecular flexibility index (Phi) is 6.60. The van der Waals surface area contributed by atoms with Gasteiger partial charge in [-0.3, -0.25) is 4.79 Å². The van der Waals surface area contributed by atoms with Crippen LogP contribution in [0.15, 0.2) is 48.5 Å². The van der Waals surface area contributed by atoms with Gasteiger partial charge in [0.1, 0.15) is 11.5 Å². The molecule has 0 aliphatic carbocycles. The molecule has 4 heteroatoms. The highest BCUT2D eigenvalue weighted by Gasteiger charge is 2.14. The minimum absolute atomic E-state index is 0. The number of hydrogen-bond acceptors (Lipinski definition) is 4. The molecule has 22 heavy (non-hydrogen) atoms. The molecule has 0 amide bonds. The fourth-order valence-corrected chi connectivity index (χ4v) is 2.06. The van der Waals surface area contributed by atoms with Gasteiger partial charge in [0, 0.05) is 5.56 Å². The van der Waals surface area contributed by atoms with Crippen molar-refractivity contribution in [3.63, 3.8) is 0 Å². The largest absolute Gasteiger partial charge is 0.508 e. The second kappa shape index (κ2) is 8.20. The van der Waals surface area contributed by atoms with Crippen LogP contribution in [-0.4, -0.2) is 28.6 Å². The van der Waals surface area contributed by atoms with Crippen molar-refractivity contribution in [2.75, 3.05) is 6.54 Å². The van der Waals surface area contributed by atoms with E-state index in [9.17, 15) is 15.0 Å². The van der Waals surface area contributed by atoms with Crippen molar-refractivity contribution in [2.24, 2.45) is 0 Å². The van der Waals surface area contributed by atoms with Gasteiger partial charge in [0.2, 0.25) is 0 Å². The molecule has 0 radical (unpaired) electrons. The summed E-state index contributed by atoms with van der Waals surface area (Å²) in [6.45, 7) is 2.50. The molecule has 118 valence electrons. The van der Waals surface area contributed by atoms with Crippen molar-refractivity contribution in [3.8, 4) is 11.5 Å². The van der Waals surface area contributed by atoms with E-state index in [1.54, 1.807) is 24.3 Å². The van der Waals surface area contributed by atoms with Crippen molar-refractivity contribution in [2.45, 2.75) is 26.8 Å². The van der Waals surface area contributed by atoms with Crippen molar-refractivity contribution in [3.05, 3.63) is 59.7 Å². The van der Waals surface area contributed by atoms with Crippen molar-refractivity contribution in [1.82, 2.24) is 5.32 Å². The highest BCUT2D eigenvalue weighted by atomic mass is 16.3. The molecule has 2 aromatic rings. The van der Waals surface area contributed by atoms with Gasteiger partial charge in [0.05, 0.1) is 6.04 Å². The number of aromatic hydroxyl groups is 2. The standard InChI is InChI=1S/C17H19NO3.CH4/c1-12(17(21)14-4-8-16(20)9-5-14)18-11-10-13-2-6-15(19)7-3-13;/h2-9,12,18-20H,10-11H2,1H3;1H4. The fourth-order valence-electron chi connectivity index (χ4n) is 2.06. The summed E-state index contributed by atoms with van der Waals surface area (Å²) in [4.78, 5) is 12.2. The summed E-state index contributed by atoms with van der Waals surface area (Å²) < 4.78 is 0. The third-order valence-electron chi connectivity index (χ3n) is 3.35. The Labute approximate surface area is 131 Å². The molecule has 0 saturated carbocycles. The fraction of sp³-hybridized carbons (Fsp3) is 0.278. The lowest BCUT2D eigenvalue weighted by atomic mass is 10.0. The van der Waals surface area contributed by atoms with Gasteiger partial charge in [-0.15, -0.1) is 0 Å². The number of rotatable bonds is 6. The van der Waals surface area contributed by atoms with E-state index in [4.69, 9.17) is 0 Å². The molecule has 0 spiro atoms. The molecule has 0 aromatic heterocycles. The Morgan fingerprint density at radius 3 is 2.05 bits per heavy atom. The molecule has 4 nitrogen and oxygen atoms in total. The Morgan fingerprint density at radius 2 is 1.50 bits per heavy atom. The van der Waals surface area contributed by atoms with Crippen LogP contribution in [-0.2, 0) is 6.42 Å². The molecule has 1 unspecified atom stereocenters. The maximum atomic E-state index is 12.2. The molecular formula is C18H23NO3. The summed E-state index contributed by atoms with van der Waals surface area (Å²) in [5, 5.41) is 21.6. The average molecular weight is 301 g/mol. The summed E-state index contributed by atoms with van der Waals surface area (Å²) in [6, 6.07) is 13.0. The molecular weight excluding hydrogens is 278 g/mol. The lowest BCUT2D eigenvalue weighted by Gasteiger charge is -2.13. The van der Waals surface area contributed by atoms with E-state index in [-0.39, 0.29) is 30.8 Å². The van der Waals surface area contributed by atoms with Gasteiger partial charge in [-0.25, -0.2) is 0 Å². The van der Waals surface area contributed by atoms with Crippen LogP contribution in [0, 0.1) is 0 Å². The highest BCUT2D eigenvalue weighted by Crippen LogP contribution is 2.12. The zero-order valence-corrected chi connectivity index (χ0v) is 11.9. The van der Waals surface area contributed by atoms with Crippen LogP contribution in [0.5, 0.6) is 11.5 Å². The van der Waals surface area contributed by atoms with Gasteiger partial charge < -0.3 is 15.5 Å². The van der Waals surface area contributed by atoms with E-state index in [1.165, 1.54) is 12.1 Å². The van der Waals surface area contributed by atoms with Crippen LogP contribution in [0.4, 0.5) is 0 Å². The van der Waals surface area contributed by atoms with Crippen LogP contribution >= 0.6 is 0 Å². The summed E-state index contributed by atoms with van der Waals surface area (Å²) >= 11 is 0. The van der Waals surface area contributed by atoms with Crippen LogP contribution < -0.4 is 5.32 Å². The Hall–Kier alpha value is -2.33. The van der Waals surface area contributed by atoms with Gasteiger partial charge in [-0.2, -0.15) is 0 Å². The molecule has 2 rings (SSSR count). The van der Waals surface area contributed by atoms with E-state index >= 15 is 0 Å². The summed E-state index contributed by atoms with van der Waals surface area (Å²) in [5.41, 5.74) is 1.68. The van der Waals surface area contributed by atoms with Gasteiger partial charge >= 0.3 is 0 Å². The Bertz CT molecular complexity index is 591. The van der Waals surface area contributed by atoms with Gasteiger partial charge in [0.25, 0.3) is 0 Å². The third-order valence-corrected chi connectivity index (χ3v) is 3.35. The van der Waals surface area contributed by atoms with Crippen LogP contribution in [0.25, 0.3) is 0 Å². The SMILES string of the molecule is C.CC(NCCc1ccc(O)cc1)C(=O)c1ccc(O)cc1. The first-order valence-electron chi connectivity index (χ1n) is 6.91. The number of ketones is 1. The van der Waals surface area contributed by atoms with Crippen molar-refractivity contribution in [1.29, 1.82) is 0 Å². The Morgan fingerprint density at radius 1 is 1.00 bits per heavy atom. The predicted octanol–water partition coefficient (Wildman–Crippen LogP) is 3.14. The normalized spacial score (nSPS) is 11.5. The number of carbonyl (C=O) groups is 1. The average Bonchev–Trinajstić information content (AvgIpc) is 2.49. The number of benzene rings is 2. The van der Waals surface area contributed by atoms with Crippen LogP contribution in [0.1, 0.15) is 30.3 Å². The van der Waals surface area contributed by atoms with E-state index in [0.717, 1.165) is 12.0 Å². The molecule has 2 aromatic carbocycles. The maximum Gasteiger partial charge on any atom is 0.179 e. The molecule has 0 heterocycles. The van der Waals surface area contributed by atoms with Crippen LogP contribution in [0.2, 0.25) is 0 Å². The zero-order chi connectivity index (χ0) is 15.2. The van der Waals surface area contributed by atoms with E-state index in [1.807, 2.05) is 19.1 Å². The number of hydrogen-bond donors (Lipinski definition) is 3. The number of phenolic OH excluding ortho intramolecular Hbond substituents is 2. The second-order valence-corrected chi connectivity index (χ2v) is 5.00. The molecule has 0 aliphatic heterocycles. The smallest absolute Gasteiger partial charge is 0.179 e. The maximum absolute atomic E-state index is 12.2. The number of carbonyl (C=O) groups excluding carboxylic acids is 1. The van der Waals surface area contributed by atoms with Crippen molar-refractivity contribution >= 4 is 5.78 Å². The number of nitrogens with one attached hydrogen (secondary N) is 1. The monoisotopic (exact) mass is 301 g/mol. The lowest BCUT2D eigenvalue weighted by Crippen LogP contribution is -2.35. The molecule has 1 atom stereocenters. The second-order valence-electron chi connectivity index (χ2n) is 5.00. The predicted molar refractivity (Wildman–Crippen MR) is 88.4 cm³/mol.